The highest BCUT2D eigenvalue weighted by Gasteiger charge is 2.49. The van der Waals surface area contributed by atoms with Crippen LogP contribution in [0.4, 0.5) is 10.5 Å². The van der Waals surface area contributed by atoms with E-state index < -0.39 is 34.9 Å². The van der Waals surface area contributed by atoms with Crippen molar-refractivity contribution in [2.45, 2.75) is 12.5 Å². The summed E-state index contributed by atoms with van der Waals surface area (Å²) < 4.78 is 5.46. The number of para-hydroxylation sites is 1. The lowest BCUT2D eigenvalue weighted by Gasteiger charge is -2.22. The average molecular weight is 412 g/mol. The van der Waals surface area contributed by atoms with Gasteiger partial charge in [0.25, 0.3) is 11.6 Å². The first-order valence-electron chi connectivity index (χ1n) is 9.15. The number of carbonyl (C=O) groups excluding carboxylic acids is 3. The molecule has 1 fully saturated rings. The molecule has 3 rings (SSSR count). The van der Waals surface area contributed by atoms with Gasteiger partial charge in [0.2, 0.25) is 5.91 Å². The number of carbonyl (C=O) groups is 3. The molecule has 0 aromatic heterocycles. The quantitative estimate of drug-likeness (QED) is 0.293. The van der Waals surface area contributed by atoms with Crippen molar-refractivity contribution in [1.29, 1.82) is 0 Å². The Morgan fingerprint density at radius 3 is 2.47 bits per heavy atom. The zero-order valence-corrected chi connectivity index (χ0v) is 16.2. The summed E-state index contributed by atoms with van der Waals surface area (Å²) in [6, 6.07) is 13.7. The number of nitro benzene ring substituents is 1. The number of nitrogens with one attached hydrogen (secondary N) is 2. The molecule has 0 radical (unpaired) electrons. The van der Waals surface area contributed by atoms with Gasteiger partial charge in [0.15, 0.2) is 0 Å². The molecule has 4 amide bonds. The minimum Gasteiger partial charge on any atom is -0.492 e. The molecular weight excluding hydrogens is 392 g/mol. The lowest BCUT2D eigenvalue weighted by atomic mass is 9.92. The van der Waals surface area contributed by atoms with Gasteiger partial charge in [-0.15, -0.1) is 0 Å². The topological polar surface area (TPSA) is 131 Å². The van der Waals surface area contributed by atoms with Crippen molar-refractivity contribution in [2.75, 3.05) is 19.7 Å². The summed E-state index contributed by atoms with van der Waals surface area (Å²) in [5.41, 5.74) is -1.16. The highest BCUT2D eigenvalue weighted by molar-refractivity contribution is 6.09. The fraction of sp³-hybridized carbons (Fsp3) is 0.250. The molecule has 10 heteroatoms. The van der Waals surface area contributed by atoms with Gasteiger partial charge in [0, 0.05) is 12.1 Å². The summed E-state index contributed by atoms with van der Waals surface area (Å²) in [5, 5.41) is 15.9. The van der Waals surface area contributed by atoms with Crippen LogP contribution in [-0.4, -0.2) is 47.4 Å². The van der Waals surface area contributed by atoms with Crippen LogP contribution in [0, 0.1) is 10.1 Å². The maximum Gasteiger partial charge on any atom is 0.325 e. The van der Waals surface area contributed by atoms with Gasteiger partial charge in [-0.05, 0) is 36.8 Å². The van der Waals surface area contributed by atoms with E-state index in [0.29, 0.717) is 11.3 Å². The Labute approximate surface area is 172 Å². The average Bonchev–Trinajstić information content (AvgIpc) is 2.96. The molecule has 2 aromatic rings. The molecule has 1 aliphatic heterocycles. The largest absolute Gasteiger partial charge is 0.492 e. The van der Waals surface area contributed by atoms with Crippen LogP contribution in [0.15, 0.2) is 54.6 Å². The van der Waals surface area contributed by atoms with E-state index >= 15 is 0 Å². The molecule has 30 heavy (non-hydrogen) atoms. The number of non-ortho nitro benzene ring substituents is 1. The van der Waals surface area contributed by atoms with Crippen LogP contribution in [0.25, 0.3) is 0 Å². The van der Waals surface area contributed by atoms with Crippen molar-refractivity contribution in [2.24, 2.45) is 0 Å². The summed E-state index contributed by atoms with van der Waals surface area (Å²) in [4.78, 5) is 48.3. The number of ether oxygens (including phenoxy) is 1. The molecule has 0 saturated carbocycles. The minimum absolute atomic E-state index is 0.131. The molecular formula is C20H20N4O6. The summed E-state index contributed by atoms with van der Waals surface area (Å²) >= 11 is 0. The number of amides is 4. The predicted molar refractivity (Wildman–Crippen MR) is 106 cm³/mol. The van der Waals surface area contributed by atoms with E-state index in [4.69, 9.17) is 4.74 Å². The van der Waals surface area contributed by atoms with E-state index in [2.05, 4.69) is 10.6 Å². The standard InChI is InChI=1S/C20H20N4O6/c1-20(14-7-9-15(10-8-14)24(28)29)18(26)23(19(27)22-20)13-17(25)21-11-12-30-16-5-3-2-4-6-16/h2-10H,11-13H2,1H3,(H,21,25)(H,22,27). The summed E-state index contributed by atoms with van der Waals surface area (Å²) in [6.07, 6.45) is 0. The fourth-order valence-corrected chi connectivity index (χ4v) is 3.03. The molecule has 1 saturated heterocycles. The van der Waals surface area contributed by atoms with Crippen LogP contribution in [0.5, 0.6) is 5.75 Å². The third kappa shape index (κ3) is 4.37. The van der Waals surface area contributed by atoms with E-state index in [0.717, 1.165) is 4.90 Å². The molecule has 1 atom stereocenters. The number of hydrogen-bond acceptors (Lipinski definition) is 6. The monoisotopic (exact) mass is 412 g/mol. The Hall–Kier alpha value is -3.95. The lowest BCUT2D eigenvalue weighted by Crippen LogP contribution is -2.43. The van der Waals surface area contributed by atoms with E-state index in [1.165, 1.54) is 31.2 Å². The molecule has 2 aromatic carbocycles. The summed E-state index contributed by atoms with van der Waals surface area (Å²) in [7, 11) is 0. The number of nitrogens with zero attached hydrogens (tertiary/aromatic N) is 2. The SMILES string of the molecule is CC1(c2ccc([N+](=O)[O-])cc2)NC(=O)N(CC(=O)NCCOc2ccccc2)C1=O. The minimum atomic E-state index is -1.41. The van der Waals surface area contributed by atoms with Gasteiger partial charge in [-0.3, -0.25) is 24.6 Å². The van der Waals surface area contributed by atoms with Crippen LogP contribution in [-0.2, 0) is 15.1 Å². The Bertz CT molecular complexity index is 963. The number of hydrogen-bond donors (Lipinski definition) is 2. The molecule has 0 bridgehead atoms. The van der Waals surface area contributed by atoms with Gasteiger partial charge in [-0.1, -0.05) is 18.2 Å². The first-order valence-corrected chi connectivity index (χ1v) is 9.15. The number of nitro groups is 1. The predicted octanol–water partition coefficient (Wildman–Crippen LogP) is 1.56. The number of imide groups is 1. The second-order valence-corrected chi connectivity index (χ2v) is 6.76. The molecule has 2 N–H and O–H groups in total. The zero-order valence-electron chi connectivity index (χ0n) is 16.2. The number of rotatable bonds is 8. The molecule has 1 aliphatic rings. The van der Waals surface area contributed by atoms with Crippen LogP contribution < -0.4 is 15.4 Å². The molecule has 156 valence electrons. The Morgan fingerprint density at radius 2 is 1.83 bits per heavy atom. The van der Waals surface area contributed by atoms with Crippen molar-refractivity contribution in [3.8, 4) is 5.75 Å². The third-order valence-corrected chi connectivity index (χ3v) is 4.67. The van der Waals surface area contributed by atoms with Crippen molar-refractivity contribution >= 4 is 23.5 Å². The van der Waals surface area contributed by atoms with Gasteiger partial charge >= 0.3 is 6.03 Å². The zero-order chi connectivity index (χ0) is 21.7. The van der Waals surface area contributed by atoms with E-state index in [1.807, 2.05) is 18.2 Å². The van der Waals surface area contributed by atoms with Crippen LogP contribution in [0.3, 0.4) is 0 Å². The molecule has 0 spiro atoms. The molecule has 0 aliphatic carbocycles. The Morgan fingerprint density at radius 1 is 1.17 bits per heavy atom. The maximum atomic E-state index is 12.8. The van der Waals surface area contributed by atoms with Crippen molar-refractivity contribution in [3.05, 3.63) is 70.3 Å². The second-order valence-electron chi connectivity index (χ2n) is 6.76. The van der Waals surface area contributed by atoms with Gasteiger partial charge in [0.05, 0.1) is 11.5 Å². The van der Waals surface area contributed by atoms with E-state index in [9.17, 15) is 24.5 Å². The third-order valence-electron chi connectivity index (χ3n) is 4.67. The van der Waals surface area contributed by atoms with E-state index in [1.54, 1.807) is 12.1 Å². The normalized spacial score (nSPS) is 18.1. The van der Waals surface area contributed by atoms with Gasteiger partial charge in [0.1, 0.15) is 24.4 Å². The smallest absolute Gasteiger partial charge is 0.325 e. The summed E-state index contributed by atoms with van der Waals surface area (Å²) in [5.74, 6) is -0.458. The highest BCUT2D eigenvalue weighted by Crippen LogP contribution is 2.29. The van der Waals surface area contributed by atoms with Crippen LogP contribution >= 0.6 is 0 Å². The molecule has 10 nitrogen and oxygen atoms in total. The van der Waals surface area contributed by atoms with Gasteiger partial charge < -0.3 is 15.4 Å². The number of urea groups is 1. The van der Waals surface area contributed by atoms with Crippen LogP contribution in [0.1, 0.15) is 12.5 Å². The number of benzene rings is 2. The van der Waals surface area contributed by atoms with Crippen molar-refractivity contribution in [1.82, 2.24) is 15.5 Å². The first-order chi connectivity index (χ1) is 14.3. The Kier molecular flexibility index (Phi) is 5.95. The molecule has 1 unspecified atom stereocenters. The summed E-state index contributed by atoms with van der Waals surface area (Å²) in [6.45, 7) is 1.48. The highest BCUT2D eigenvalue weighted by atomic mass is 16.6. The van der Waals surface area contributed by atoms with Gasteiger partial charge in [-0.2, -0.15) is 0 Å². The lowest BCUT2D eigenvalue weighted by molar-refractivity contribution is -0.384. The fourth-order valence-electron chi connectivity index (χ4n) is 3.03. The Balaban J connectivity index is 1.56. The first kappa shape index (κ1) is 20.8. The maximum absolute atomic E-state index is 12.8. The van der Waals surface area contributed by atoms with Crippen molar-refractivity contribution in [3.63, 3.8) is 0 Å². The van der Waals surface area contributed by atoms with Crippen molar-refractivity contribution < 1.29 is 24.0 Å². The van der Waals surface area contributed by atoms with Gasteiger partial charge in [-0.25, -0.2) is 4.79 Å². The second kappa shape index (κ2) is 8.60. The van der Waals surface area contributed by atoms with Crippen LogP contribution in [0.2, 0.25) is 0 Å². The van der Waals surface area contributed by atoms with E-state index in [-0.39, 0.29) is 18.8 Å². The molecule has 1 heterocycles.